The maximum atomic E-state index is 11.5. The van der Waals surface area contributed by atoms with Crippen molar-refractivity contribution in [1.29, 1.82) is 0 Å². The molecular formula is C10H12O3. The molecule has 0 aliphatic heterocycles. The molecular weight excluding hydrogens is 168 g/mol. The SMILES string of the molecule is O=C1CCC2(CC1)C(=O)CCC2=O. The summed E-state index contributed by atoms with van der Waals surface area (Å²) in [5.74, 6) is 0.341. The lowest BCUT2D eigenvalue weighted by Gasteiger charge is -2.28. The van der Waals surface area contributed by atoms with Crippen molar-refractivity contribution in [2.45, 2.75) is 38.5 Å². The Hall–Kier alpha value is -0.990. The third-order valence-electron chi connectivity index (χ3n) is 3.31. The zero-order valence-corrected chi connectivity index (χ0v) is 7.47. The molecule has 3 heteroatoms. The van der Waals surface area contributed by atoms with E-state index in [0.29, 0.717) is 38.5 Å². The van der Waals surface area contributed by atoms with E-state index in [9.17, 15) is 14.4 Å². The summed E-state index contributed by atoms with van der Waals surface area (Å²) in [6, 6.07) is 0. The lowest BCUT2D eigenvalue weighted by Crippen LogP contribution is -2.37. The van der Waals surface area contributed by atoms with Gasteiger partial charge >= 0.3 is 0 Å². The van der Waals surface area contributed by atoms with Gasteiger partial charge in [0, 0.05) is 25.7 Å². The van der Waals surface area contributed by atoms with Crippen LogP contribution in [0.3, 0.4) is 0 Å². The standard InChI is InChI=1S/C10H12O3/c11-7-3-5-10(6-4-7)8(12)1-2-9(10)13/h1-6H2. The number of Topliss-reactive ketones (excluding diaryl/α,β-unsaturated/α-hetero) is 3. The van der Waals surface area contributed by atoms with E-state index >= 15 is 0 Å². The molecule has 2 rings (SSSR count). The van der Waals surface area contributed by atoms with Gasteiger partial charge in [0.15, 0.2) is 0 Å². The fraction of sp³-hybridized carbons (Fsp3) is 0.700. The zero-order valence-electron chi connectivity index (χ0n) is 7.47. The molecule has 70 valence electrons. The molecule has 0 unspecified atom stereocenters. The molecule has 2 aliphatic carbocycles. The number of rotatable bonds is 0. The Balaban J connectivity index is 2.24. The van der Waals surface area contributed by atoms with Crippen LogP contribution < -0.4 is 0 Å². The predicted octanol–water partition coefficient (Wildman–Crippen LogP) is 1.05. The van der Waals surface area contributed by atoms with Crippen LogP contribution in [0.4, 0.5) is 0 Å². The highest BCUT2D eigenvalue weighted by Crippen LogP contribution is 2.42. The summed E-state index contributed by atoms with van der Waals surface area (Å²) >= 11 is 0. The first-order valence-corrected chi connectivity index (χ1v) is 4.73. The second kappa shape index (κ2) is 2.76. The Bertz CT molecular complexity index is 263. The van der Waals surface area contributed by atoms with Crippen molar-refractivity contribution in [1.82, 2.24) is 0 Å². The second-order valence-electron chi connectivity index (χ2n) is 3.97. The topological polar surface area (TPSA) is 51.2 Å². The van der Waals surface area contributed by atoms with E-state index in [2.05, 4.69) is 0 Å². The van der Waals surface area contributed by atoms with Crippen LogP contribution in [-0.2, 0) is 14.4 Å². The Labute approximate surface area is 76.5 Å². The molecule has 0 N–H and O–H groups in total. The molecule has 2 fully saturated rings. The largest absolute Gasteiger partial charge is 0.300 e. The van der Waals surface area contributed by atoms with Gasteiger partial charge in [0.2, 0.25) is 0 Å². The van der Waals surface area contributed by atoms with Crippen molar-refractivity contribution in [3.05, 3.63) is 0 Å². The Morgan fingerprint density at radius 2 is 1.23 bits per heavy atom. The van der Waals surface area contributed by atoms with Crippen LogP contribution in [0.5, 0.6) is 0 Å². The molecule has 0 aromatic carbocycles. The first kappa shape index (κ1) is 8.60. The molecule has 0 radical (unpaired) electrons. The molecule has 0 aromatic rings. The van der Waals surface area contributed by atoms with Crippen LogP contribution in [0.2, 0.25) is 0 Å². The molecule has 0 atom stereocenters. The maximum absolute atomic E-state index is 11.5. The highest BCUT2D eigenvalue weighted by atomic mass is 16.2. The molecule has 13 heavy (non-hydrogen) atoms. The minimum atomic E-state index is -0.728. The Kier molecular flexibility index (Phi) is 1.82. The number of ketones is 3. The normalized spacial score (nSPS) is 27.2. The van der Waals surface area contributed by atoms with Gasteiger partial charge in [-0.3, -0.25) is 14.4 Å². The van der Waals surface area contributed by atoms with E-state index in [-0.39, 0.29) is 17.3 Å². The highest BCUT2D eigenvalue weighted by molar-refractivity contribution is 6.13. The van der Waals surface area contributed by atoms with Crippen LogP contribution in [0.15, 0.2) is 0 Å². The van der Waals surface area contributed by atoms with Gasteiger partial charge in [-0.2, -0.15) is 0 Å². The predicted molar refractivity (Wildman–Crippen MR) is 45.2 cm³/mol. The summed E-state index contributed by atoms with van der Waals surface area (Å²) in [5, 5.41) is 0. The average molecular weight is 180 g/mol. The van der Waals surface area contributed by atoms with Gasteiger partial charge in [-0.15, -0.1) is 0 Å². The number of hydrogen-bond acceptors (Lipinski definition) is 3. The molecule has 0 heterocycles. The summed E-state index contributed by atoms with van der Waals surface area (Å²) in [5.41, 5.74) is -0.728. The number of carbonyl (C=O) groups is 3. The molecule has 1 spiro atoms. The third-order valence-corrected chi connectivity index (χ3v) is 3.31. The van der Waals surface area contributed by atoms with Crippen molar-refractivity contribution < 1.29 is 14.4 Å². The molecule has 0 bridgehead atoms. The van der Waals surface area contributed by atoms with Crippen LogP contribution in [0.1, 0.15) is 38.5 Å². The van der Waals surface area contributed by atoms with Crippen molar-refractivity contribution in [2.75, 3.05) is 0 Å². The van der Waals surface area contributed by atoms with Crippen molar-refractivity contribution in [2.24, 2.45) is 5.41 Å². The minimum Gasteiger partial charge on any atom is -0.300 e. The van der Waals surface area contributed by atoms with Crippen LogP contribution in [0.25, 0.3) is 0 Å². The van der Waals surface area contributed by atoms with Gasteiger partial charge in [0.1, 0.15) is 17.3 Å². The van der Waals surface area contributed by atoms with Crippen LogP contribution >= 0.6 is 0 Å². The van der Waals surface area contributed by atoms with Gasteiger partial charge < -0.3 is 0 Å². The minimum absolute atomic E-state index is 0.0741. The van der Waals surface area contributed by atoms with Gasteiger partial charge in [-0.25, -0.2) is 0 Å². The van der Waals surface area contributed by atoms with Gasteiger partial charge in [0.25, 0.3) is 0 Å². The first-order chi connectivity index (χ1) is 6.15. The van der Waals surface area contributed by atoms with E-state index in [1.54, 1.807) is 0 Å². The molecule has 3 nitrogen and oxygen atoms in total. The fourth-order valence-electron chi connectivity index (χ4n) is 2.37. The van der Waals surface area contributed by atoms with Crippen LogP contribution in [-0.4, -0.2) is 17.3 Å². The van der Waals surface area contributed by atoms with E-state index in [4.69, 9.17) is 0 Å². The Morgan fingerprint density at radius 1 is 0.769 bits per heavy atom. The summed E-state index contributed by atoms with van der Waals surface area (Å²) in [4.78, 5) is 34.1. The van der Waals surface area contributed by atoms with Crippen molar-refractivity contribution >= 4 is 17.3 Å². The summed E-state index contributed by atoms with van der Waals surface area (Å²) in [7, 11) is 0. The quantitative estimate of drug-likeness (QED) is 0.523. The lowest BCUT2D eigenvalue weighted by atomic mass is 9.71. The zero-order chi connectivity index (χ0) is 9.47. The summed E-state index contributed by atoms with van der Waals surface area (Å²) in [6.07, 6.45) is 2.57. The van der Waals surface area contributed by atoms with Crippen molar-refractivity contribution in [3.8, 4) is 0 Å². The average Bonchev–Trinajstić information content (AvgIpc) is 2.39. The molecule has 2 saturated carbocycles. The van der Waals surface area contributed by atoms with Gasteiger partial charge in [-0.1, -0.05) is 0 Å². The maximum Gasteiger partial charge on any atom is 0.146 e. The number of carbonyl (C=O) groups excluding carboxylic acids is 3. The van der Waals surface area contributed by atoms with Gasteiger partial charge in [0.05, 0.1) is 5.41 Å². The monoisotopic (exact) mass is 180 g/mol. The Morgan fingerprint density at radius 3 is 1.69 bits per heavy atom. The summed E-state index contributed by atoms with van der Waals surface area (Å²) in [6.45, 7) is 0. The second-order valence-corrected chi connectivity index (χ2v) is 3.97. The van der Waals surface area contributed by atoms with Gasteiger partial charge in [-0.05, 0) is 12.8 Å². The summed E-state index contributed by atoms with van der Waals surface area (Å²) < 4.78 is 0. The van der Waals surface area contributed by atoms with Crippen molar-refractivity contribution in [3.63, 3.8) is 0 Å². The number of hydrogen-bond donors (Lipinski definition) is 0. The third kappa shape index (κ3) is 1.14. The highest BCUT2D eigenvalue weighted by Gasteiger charge is 2.50. The smallest absolute Gasteiger partial charge is 0.146 e. The fourth-order valence-corrected chi connectivity index (χ4v) is 2.37. The van der Waals surface area contributed by atoms with Crippen LogP contribution in [0, 0.1) is 5.41 Å². The molecule has 2 aliphatic rings. The first-order valence-electron chi connectivity index (χ1n) is 4.73. The van der Waals surface area contributed by atoms with E-state index in [1.807, 2.05) is 0 Å². The lowest BCUT2D eigenvalue weighted by molar-refractivity contribution is -0.138. The van der Waals surface area contributed by atoms with E-state index in [0.717, 1.165) is 0 Å². The molecule has 0 amide bonds. The molecule has 0 saturated heterocycles. The molecule has 0 aromatic heterocycles. The van der Waals surface area contributed by atoms with E-state index < -0.39 is 5.41 Å². The van der Waals surface area contributed by atoms with E-state index in [1.165, 1.54) is 0 Å².